The Morgan fingerprint density at radius 1 is 1.50 bits per heavy atom. The van der Waals surface area contributed by atoms with Crippen LogP contribution >= 0.6 is 0 Å². The van der Waals surface area contributed by atoms with E-state index in [1.807, 2.05) is 0 Å². The van der Waals surface area contributed by atoms with Crippen molar-refractivity contribution in [2.24, 2.45) is 0 Å². The second-order valence-electron chi connectivity index (χ2n) is 4.43. The summed E-state index contributed by atoms with van der Waals surface area (Å²) in [5.74, 6) is -0.714. The highest BCUT2D eigenvalue weighted by atomic mass is 16.5. The molecule has 0 spiro atoms. The SMILES string of the molecule is CCCCN(CCC(=O)O)CC1CCCO1. The number of unbranched alkanes of at least 4 members (excludes halogenated alkanes) is 1. The molecule has 0 radical (unpaired) electrons. The third-order valence-electron chi connectivity index (χ3n) is 2.96. The van der Waals surface area contributed by atoms with E-state index in [-0.39, 0.29) is 6.42 Å². The number of aliphatic carboxylic acids is 1. The van der Waals surface area contributed by atoms with Crippen molar-refractivity contribution in [2.45, 2.75) is 45.1 Å². The van der Waals surface area contributed by atoms with Crippen LogP contribution in [-0.4, -0.2) is 48.3 Å². The molecular weight excluding hydrogens is 206 g/mol. The lowest BCUT2D eigenvalue weighted by molar-refractivity contribution is -0.137. The molecule has 1 saturated heterocycles. The van der Waals surface area contributed by atoms with Gasteiger partial charge in [-0.2, -0.15) is 0 Å². The standard InChI is InChI=1S/C12H23NO3/c1-2-3-7-13(8-6-12(14)15)10-11-5-4-9-16-11/h11H,2-10H2,1H3,(H,14,15). The van der Waals surface area contributed by atoms with E-state index >= 15 is 0 Å². The van der Waals surface area contributed by atoms with Gasteiger partial charge in [0.2, 0.25) is 0 Å². The molecule has 4 heteroatoms. The number of hydrogen-bond acceptors (Lipinski definition) is 3. The van der Waals surface area contributed by atoms with E-state index in [0.29, 0.717) is 12.6 Å². The van der Waals surface area contributed by atoms with E-state index in [1.54, 1.807) is 0 Å². The predicted octanol–water partition coefficient (Wildman–Crippen LogP) is 1.74. The van der Waals surface area contributed by atoms with E-state index in [1.165, 1.54) is 0 Å². The normalized spacial score (nSPS) is 20.5. The third-order valence-corrected chi connectivity index (χ3v) is 2.96. The average molecular weight is 229 g/mol. The Morgan fingerprint density at radius 2 is 2.31 bits per heavy atom. The van der Waals surface area contributed by atoms with Crippen LogP contribution in [0.3, 0.4) is 0 Å². The van der Waals surface area contributed by atoms with Gasteiger partial charge in [-0.1, -0.05) is 13.3 Å². The minimum Gasteiger partial charge on any atom is -0.481 e. The van der Waals surface area contributed by atoms with Crippen molar-refractivity contribution in [3.63, 3.8) is 0 Å². The van der Waals surface area contributed by atoms with E-state index in [9.17, 15) is 4.79 Å². The monoisotopic (exact) mass is 229 g/mol. The molecule has 1 rings (SSSR count). The van der Waals surface area contributed by atoms with Crippen molar-refractivity contribution < 1.29 is 14.6 Å². The van der Waals surface area contributed by atoms with Gasteiger partial charge in [0.15, 0.2) is 0 Å². The Hall–Kier alpha value is -0.610. The fourth-order valence-electron chi connectivity index (χ4n) is 2.01. The highest BCUT2D eigenvalue weighted by Crippen LogP contribution is 2.13. The second kappa shape index (κ2) is 7.63. The number of carbonyl (C=O) groups is 1. The number of hydrogen-bond donors (Lipinski definition) is 1. The molecule has 1 aliphatic heterocycles. The summed E-state index contributed by atoms with van der Waals surface area (Å²) in [5, 5.41) is 8.69. The molecule has 1 unspecified atom stereocenters. The summed E-state index contributed by atoms with van der Waals surface area (Å²) in [6, 6.07) is 0. The van der Waals surface area contributed by atoms with Gasteiger partial charge in [0.05, 0.1) is 12.5 Å². The van der Waals surface area contributed by atoms with Crippen molar-refractivity contribution in [1.82, 2.24) is 4.90 Å². The van der Waals surface area contributed by atoms with Gasteiger partial charge >= 0.3 is 5.97 Å². The molecule has 0 amide bonds. The maximum Gasteiger partial charge on any atom is 0.304 e. The van der Waals surface area contributed by atoms with Crippen molar-refractivity contribution in [1.29, 1.82) is 0 Å². The molecule has 0 bridgehead atoms. The van der Waals surface area contributed by atoms with Crippen LogP contribution in [0.15, 0.2) is 0 Å². The summed E-state index contributed by atoms with van der Waals surface area (Å²) in [6.07, 6.45) is 5.10. The number of carboxylic acid groups (broad SMARTS) is 1. The van der Waals surface area contributed by atoms with E-state index in [0.717, 1.165) is 45.4 Å². The maximum atomic E-state index is 10.6. The zero-order valence-corrected chi connectivity index (χ0v) is 10.2. The molecular formula is C12H23NO3. The Morgan fingerprint density at radius 3 is 2.88 bits per heavy atom. The lowest BCUT2D eigenvalue weighted by Gasteiger charge is -2.24. The fourth-order valence-corrected chi connectivity index (χ4v) is 2.01. The van der Waals surface area contributed by atoms with Crippen LogP contribution in [-0.2, 0) is 9.53 Å². The van der Waals surface area contributed by atoms with Crippen molar-refractivity contribution >= 4 is 5.97 Å². The van der Waals surface area contributed by atoms with Gasteiger partial charge in [0, 0.05) is 19.7 Å². The van der Waals surface area contributed by atoms with E-state index < -0.39 is 5.97 Å². The van der Waals surface area contributed by atoms with Gasteiger partial charge in [0.25, 0.3) is 0 Å². The van der Waals surface area contributed by atoms with E-state index in [4.69, 9.17) is 9.84 Å². The molecule has 1 atom stereocenters. The summed E-state index contributed by atoms with van der Waals surface area (Å²) >= 11 is 0. The van der Waals surface area contributed by atoms with Gasteiger partial charge in [-0.05, 0) is 25.8 Å². The van der Waals surface area contributed by atoms with Crippen molar-refractivity contribution in [2.75, 3.05) is 26.2 Å². The highest BCUT2D eigenvalue weighted by Gasteiger charge is 2.19. The van der Waals surface area contributed by atoms with Crippen LogP contribution in [0.2, 0.25) is 0 Å². The molecule has 1 heterocycles. The molecule has 0 saturated carbocycles. The van der Waals surface area contributed by atoms with Crippen LogP contribution in [0.1, 0.15) is 39.0 Å². The molecule has 1 fully saturated rings. The van der Waals surface area contributed by atoms with Crippen molar-refractivity contribution in [3.05, 3.63) is 0 Å². The summed E-state index contributed by atoms with van der Waals surface area (Å²) in [5.41, 5.74) is 0. The summed E-state index contributed by atoms with van der Waals surface area (Å²) in [4.78, 5) is 12.8. The number of carboxylic acids is 1. The molecule has 1 aliphatic rings. The first kappa shape index (κ1) is 13.5. The zero-order valence-electron chi connectivity index (χ0n) is 10.2. The van der Waals surface area contributed by atoms with Gasteiger partial charge < -0.3 is 14.7 Å². The largest absolute Gasteiger partial charge is 0.481 e. The van der Waals surface area contributed by atoms with Gasteiger partial charge in [-0.15, -0.1) is 0 Å². The maximum absolute atomic E-state index is 10.6. The molecule has 4 nitrogen and oxygen atoms in total. The number of ether oxygens (including phenoxy) is 1. The topological polar surface area (TPSA) is 49.8 Å². The highest BCUT2D eigenvalue weighted by molar-refractivity contribution is 5.66. The van der Waals surface area contributed by atoms with Crippen LogP contribution in [0.5, 0.6) is 0 Å². The number of nitrogens with zero attached hydrogens (tertiary/aromatic N) is 1. The predicted molar refractivity (Wildman–Crippen MR) is 62.6 cm³/mol. The first-order valence-corrected chi connectivity index (χ1v) is 6.28. The fraction of sp³-hybridized carbons (Fsp3) is 0.917. The van der Waals surface area contributed by atoms with Crippen molar-refractivity contribution in [3.8, 4) is 0 Å². The van der Waals surface area contributed by atoms with Crippen LogP contribution < -0.4 is 0 Å². The second-order valence-corrected chi connectivity index (χ2v) is 4.43. The molecule has 0 aromatic carbocycles. The quantitative estimate of drug-likeness (QED) is 0.689. The Labute approximate surface area is 97.6 Å². The van der Waals surface area contributed by atoms with Gasteiger partial charge in [-0.3, -0.25) is 4.79 Å². The van der Waals surface area contributed by atoms with E-state index in [2.05, 4.69) is 11.8 Å². The van der Waals surface area contributed by atoms with Crippen LogP contribution in [0, 0.1) is 0 Å². The zero-order chi connectivity index (χ0) is 11.8. The molecule has 0 aromatic rings. The molecule has 94 valence electrons. The minimum absolute atomic E-state index is 0.233. The first-order valence-electron chi connectivity index (χ1n) is 6.28. The lowest BCUT2D eigenvalue weighted by Crippen LogP contribution is -2.34. The summed E-state index contributed by atoms with van der Waals surface area (Å²) in [6.45, 7) is 5.55. The Balaban J connectivity index is 2.26. The third kappa shape index (κ3) is 5.47. The summed E-state index contributed by atoms with van der Waals surface area (Å²) < 4.78 is 5.58. The number of rotatable bonds is 8. The van der Waals surface area contributed by atoms with Gasteiger partial charge in [0.1, 0.15) is 0 Å². The Bertz CT molecular complexity index is 202. The lowest BCUT2D eigenvalue weighted by atomic mass is 10.2. The smallest absolute Gasteiger partial charge is 0.304 e. The van der Waals surface area contributed by atoms with Gasteiger partial charge in [-0.25, -0.2) is 0 Å². The Kier molecular flexibility index (Phi) is 6.42. The molecule has 16 heavy (non-hydrogen) atoms. The van der Waals surface area contributed by atoms with Crippen LogP contribution in [0.25, 0.3) is 0 Å². The molecule has 0 aliphatic carbocycles. The summed E-state index contributed by atoms with van der Waals surface area (Å²) in [7, 11) is 0. The average Bonchev–Trinajstić information content (AvgIpc) is 2.74. The van der Waals surface area contributed by atoms with Crippen LogP contribution in [0.4, 0.5) is 0 Å². The minimum atomic E-state index is -0.714. The molecule has 0 aromatic heterocycles. The molecule has 1 N–H and O–H groups in total. The first-order chi connectivity index (χ1) is 7.72.